The van der Waals surface area contributed by atoms with Gasteiger partial charge in [0.2, 0.25) is 0 Å². The third kappa shape index (κ3) is 4.40. The van der Waals surface area contributed by atoms with Crippen LogP contribution in [0.3, 0.4) is 0 Å². The molecule has 1 N–H and O–H groups in total. The van der Waals surface area contributed by atoms with E-state index in [1.54, 1.807) is 0 Å². The Bertz CT molecular complexity index is 287. The van der Waals surface area contributed by atoms with Gasteiger partial charge in [-0.3, -0.25) is 9.80 Å². The van der Waals surface area contributed by atoms with Gasteiger partial charge in [-0.2, -0.15) is 0 Å². The summed E-state index contributed by atoms with van der Waals surface area (Å²) >= 11 is 0. The molecule has 2 atom stereocenters. The summed E-state index contributed by atoms with van der Waals surface area (Å²) in [7, 11) is 0. The van der Waals surface area contributed by atoms with E-state index in [4.69, 9.17) is 9.47 Å². The fourth-order valence-electron chi connectivity index (χ4n) is 3.28. The summed E-state index contributed by atoms with van der Waals surface area (Å²) in [5.41, 5.74) is 0. The monoisotopic (exact) mass is 284 g/mol. The van der Waals surface area contributed by atoms with Crippen molar-refractivity contribution in [1.82, 2.24) is 9.80 Å². The fraction of sp³-hybridized carbons (Fsp3) is 1.00. The van der Waals surface area contributed by atoms with Gasteiger partial charge in [-0.1, -0.05) is 0 Å². The molecular weight excluding hydrogens is 256 g/mol. The zero-order valence-electron chi connectivity index (χ0n) is 12.4. The number of hydrogen-bond acceptors (Lipinski definition) is 5. The van der Waals surface area contributed by atoms with Crippen LogP contribution in [-0.4, -0.2) is 86.2 Å². The number of β-amino-alcohol motifs (C(OH)–C–C–N with tert-alkyl or cyclic N) is 1. The smallest absolute Gasteiger partial charge is 0.0793 e. The van der Waals surface area contributed by atoms with E-state index in [0.29, 0.717) is 5.92 Å². The Morgan fingerprint density at radius 2 is 1.90 bits per heavy atom. The van der Waals surface area contributed by atoms with E-state index in [0.717, 1.165) is 65.2 Å². The molecule has 3 aliphatic rings. The van der Waals surface area contributed by atoms with Crippen molar-refractivity contribution >= 4 is 0 Å². The second kappa shape index (κ2) is 7.18. The van der Waals surface area contributed by atoms with Crippen LogP contribution in [0.5, 0.6) is 0 Å². The molecular formula is C15H28N2O3. The summed E-state index contributed by atoms with van der Waals surface area (Å²) in [6.45, 7) is 8.05. The van der Waals surface area contributed by atoms with Gasteiger partial charge in [-0.25, -0.2) is 0 Å². The number of aliphatic hydroxyl groups is 1. The first-order valence-electron chi connectivity index (χ1n) is 8.11. The lowest BCUT2D eigenvalue weighted by atomic mass is 10.1. The number of ether oxygens (including phenoxy) is 2. The maximum atomic E-state index is 10.4. The van der Waals surface area contributed by atoms with Gasteiger partial charge < -0.3 is 14.6 Å². The summed E-state index contributed by atoms with van der Waals surface area (Å²) in [4.78, 5) is 4.82. The Hall–Kier alpha value is -0.200. The van der Waals surface area contributed by atoms with E-state index in [2.05, 4.69) is 9.80 Å². The molecule has 0 bridgehead atoms. The molecule has 1 saturated carbocycles. The summed E-state index contributed by atoms with van der Waals surface area (Å²) in [5, 5.41) is 10.4. The maximum Gasteiger partial charge on any atom is 0.0793 e. The third-order valence-corrected chi connectivity index (χ3v) is 4.60. The first-order chi connectivity index (χ1) is 9.81. The molecule has 0 radical (unpaired) electrons. The van der Waals surface area contributed by atoms with Crippen LogP contribution < -0.4 is 0 Å². The lowest BCUT2D eigenvalue weighted by molar-refractivity contribution is 0.00480. The molecule has 3 rings (SSSR count). The molecule has 0 aromatic heterocycles. The zero-order chi connectivity index (χ0) is 13.8. The highest BCUT2D eigenvalue weighted by atomic mass is 16.5. The van der Waals surface area contributed by atoms with Crippen molar-refractivity contribution < 1.29 is 14.6 Å². The van der Waals surface area contributed by atoms with Gasteiger partial charge in [0, 0.05) is 45.4 Å². The van der Waals surface area contributed by atoms with Crippen LogP contribution >= 0.6 is 0 Å². The number of hydrogen-bond donors (Lipinski definition) is 1. The first kappa shape index (κ1) is 14.7. The normalized spacial score (nSPS) is 30.0. The van der Waals surface area contributed by atoms with Gasteiger partial charge in [0.25, 0.3) is 0 Å². The predicted molar refractivity (Wildman–Crippen MR) is 76.8 cm³/mol. The minimum atomic E-state index is -0.240. The Morgan fingerprint density at radius 1 is 1.10 bits per heavy atom. The third-order valence-electron chi connectivity index (χ3n) is 4.60. The highest BCUT2D eigenvalue weighted by molar-refractivity contribution is 4.88. The van der Waals surface area contributed by atoms with Crippen molar-refractivity contribution in [2.45, 2.75) is 31.4 Å². The number of aliphatic hydroxyl groups excluding tert-OH is 1. The van der Waals surface area contributed by atoms with Crippen LogP contribution in [0, 0.1) is 5.92 Å². The molecule has 20 heavy (non-hydrogen) atoms. The van der Waals surface area contributed by atoms with Crippen molar-refractivity contribution in [3.8, 4) is 0 Å². The molecule has 5 nitrogen and oxygen atoms in total. The lowest BCUT2D eigenvalue weighted by Gasteiger charge is -2.32. The van der Waals surface area contributed by atoms with E-state index in [9.17, 15) is 5.11 Å². The van der Waals surface area contributed by atoms with Crippen molar-refractivity contribution in [2.75, 3.05) is 59.2 Å². The van der Waals surface area contributed by atoms with Gasteiger partial charge in [0.05, 0.1) is 25.9 Å². The average molecular weight is 284 g/mol. The molecule has 2 saturated heterocycles. The first-order valence-corrected chi connectivity index (χ1v) is 8.11. The Kier molecular flexibility index (Phi) is 5.29. The van der Waals surface area contributed by atoms with E-state index in [1.807, 2.05) is 0 Å². The topological polar surface area (TPSA) is 45.2 Å². The van der Waals surface area contributed by atoms with Crippen LogP contribution in [0.4, 0.5) is 0 Å². The molecule has 2 aliphatic heterocycles. The molecule has 0 aromatic rings. The van der Waals surface area contributed by atoms with E-state index < -0.39 is 0 Å². The molecule has 0 aromatic carbocycles. The molecule has 0 spiro atoms. The summed E-state index contributed by atoms with van der Waals surface area (Å²) in [6.07, 6.45) is 3.55. The summed E-state index contributed by atoms with van der Waals surface area (Å²) in [5.74, 6) is 0.672. The fourth-order valence-corrected chi connectivity index (χ4v) is 3.28. The second-order valence-electron chi connectivity index (χ2n) is 6.48. The van der Waals surface area contributed by atoms with Crippen molar-refractivity contribution in [3.63, 3.8) is 0 Å². The van der Waals surface area contributed by atoms with E-state index >= 15 is 0 Å². The standard InChI is InChI=1S/C15H28N2O3/c18-15(10-16-4-7-19-8-5-16)11-17(14-1-2-14)9-13-3-6-20-12-13/h13-15,18H,1-12H2/t13-,15+/m1/s1. The second-order valence-corrected chi connectivity index (χ2v) is 6.48. The average Bonchev–Trinajstić information content (AvgIpc) is 3.18. The highest BCUT2D eigenvalue weighted by Gasteiger charge is 2.33. The van der Waals surface area contributed by atoms with Crippen LogP contribution in [-0.2, 0) is 9.47 Å². The Balaban J connectivity index is 1.42. The quantitative estimate of drug-likeness (QED) is 0.722. The van der Waals surface area contributed by atoms with Crippen molar-refractivity contribution in [2.24, 2.45) is 5.92 Å². The number of morpholine rings is 1. The maximum absolute atomic E-state index is 10.4. The van der Waals surface area contributed by atoms with Gasteiger partial charge in [-0.05, 0) is 25.2 Å². The van der Waals surface area contributed by atoms with Gasteiger partial charge in [0.15, 0.2) is 0 Å². The molecule has 5 heteroatoms. The molecule has 3 fully saturated rings. The van der Waals surface area contributed by atoms with Crippen LogP contribution in [0.1, 0.15) is 19.3 Å². The molecule has 116 valence electrons. The molecule has 0 unspecified atom stereocenters. The molecule has 2 heterocycles. The summed E-state index contributed by atoms with van der Waals surface area (Å²) < 4.78 is 10.8. The molecule has 0 amide bonds. The number of rotatable bonds is 7. The van der Waals surface area contributed by atoms with Gasteiger partial charge in [0.1, 0.15) is 0 Å². The van der Waals surface area contributed by atoms with E-state index in [1.165, 1.54) is 19.3 Å². The van der Waals surface area contributed by atoms with E-state index in [-0.39, 0.29) is 6.10 Å². The minimum Gasteiger partial charge on any atom is -0.390 e. The summed E-state index contributed by atoms with van der Waals surface area (Å²) in [6, 6.07) is 0.718. The predicted octanol–water partition coefficient (Wildman–Crippen LogP) is 0.180. The number of nitrogens with zero attached hydrogens (tertiary/aromatic N) is 2. The van der Waals surface area contributed by atoms with Crippen LogP contribution in [0.25, 0.3) is 0 Å². The largest absolute Gasteiger partial charge is 0.390 e. The van der Waals surface area contributed by atoms with Crippen LogP contribution in [0.15, 0.2) is 0 Å². The van der Waals surface area contributed by atoms with Gasteiger partial charge >= 0.3 is 0 Å². The minimum absolute atomic E-state index is 0.240. The molecule has 1 aliphatic carbocycles. The SMILES string of the molecule is O[C@@H](CN1CCOCC1)CN(C[C@H]1CCOC1)C1CC1. The van der Waals surface area contributed by atoms with Gasteiger partial charge in [-0.15, -0.1) is 0 Å². The Labute approximate surface area is 121 Å². The van der Waals surface area contributed by atoms with Crippen LogP contribution in [0.2, 0.25) is 0 Å². The van der Waals surface area contributed by atoms with Crippen molar-refractivity contribution in [1.29, 1.82) is 0 Å². The lowest BCUT2D eigenvalue weighted by Crippen LogP contribution is -2.46. The van der Waals surface area contributed by atoms with Crippen molar-refractivity contribution in [3.05, 3.63) is 0 Å². The Morgan fingerprint density at radius 3 is 2.55 bits per heavy atom. The zero-order valence-corrected chi connectivity index (χ0v) is 12.4. The highest BCUT2D eigenvalue weighted by Crippen LogP contribution is 2.29.